The monoisotopic (exact) mass is 292 g/mol. The maximum absolute atomic E-state index is 11.2. The molecular weight excluding hydrogens is 276 g/mol. The van der Waals surface area contributed by atoms with Gasteiger partial charge in [-0.2, -0.15) is 0 Å². The first-order valence-corrected chi connectivity index (χ1v) is 7.12. The maximum Gasteiger partial charge on any atom is 0.326 e. The Morgan fingerprint density at radius 3 is 2.80 bits per heavy atom. The Bertz CT molecular complexity index is 571. The van der Waals surface area contributed by atoms with Crippen LogP contribution >= 0.6 is 11.3 Å². The van der Waals surface area contributed by atoms with Gasteiger partial charge in [-0.15, -0.1) is 10.2 Å². The van der Waals surface area contributed by atoms with E-state index >= 15 is 0 Å². The molecule has 0 aromatic carbocycles. The summed E-state index contributed by atoms with van der Waals surface area (Å²) in [6.07, 6.45) is 2.22. The van der Waals surface area contributed by atoms with Crippen LogP contribution in [-0.4, -0.2) is 32.3 Å². The third-order valence-electron chi connectivity index (χ3n) is 2.61. The van der Waals surface area contributed by atoms with Gasteiger partial charge in [0, 0.05) is 6.20 Å². The lowest BCUT2D eigenvalue weighted by Gasteiger charge is -2.14. The van der Waals surface area contributed by atoms with E-state index in [1.54, 1.807) is 6.20 Å². The van der Waals surface area contributed by atoms with E-state index in [-0.39, 0.29) is 5.92 Å². The summed E-state index contributed by atoms with van der Waals surface area (Å²) in [4.78, 5) is 15.4. The van der Waals surface area contributed by atoms with Crippen LogP contribution in [0.4, 0.5) is 5.13 Å². The van der Waals surface area contributed by atoms with E-state index in [9.17, 15) is 9.90 Å². The predicted molar refractivity (Wildman–Crippen MR) is 77.6 cm³/mol. The van der Waals surface area contributed by atoms with Gasteiger partial charge in [0.2, 0.25) is 5.13 Å². The largest absolute Gasteiger partial charge is 0.480 e. The number of pyridine rings is 1. The second-order valence-corrected chi connectivity index (χ2v) is 5.77. The number of anilines is 1. The molecule has 0 amide bonds. The molecule has 106 valence electrons. The Balaban J connectivity index is 2.10. The number of aromatic nitrogens is 3. The average molecular weight is 292 g/mol. The van der Waals surface area contributed by atoms with Crippen molar-refractivity contribution in [2.24, 2.45) is 5.92 Å². The predicted octanol–water partition coefficient (Wildman–Crippen LogP) is 2.51. The molecule has 7 heteroatoms. The van der Waals surface area contributed by atoms with Crippen LogP contribution in [-0.2, 0) is 4.79 Å². The molecule has 0 spiro atoms. The number of hydrogen-bond acceptors (Lipinski definition) is 6. The molecule has 2 aromatic heterocycles. The number of hydrogen-bond donors (Lipinski definition) is 2. The van der Waals surface area contributed by atoms with Crippen molar-refractivity contribution in [1.82, 2.24) is 15.2 Å². The van der Waals surface area contributed by atoms with Gasteiger partial charge >= 0.3 is 5.97 Å². The zero-order chi connectivity index (χ0) is 14.5. The fourth-order valence-corrected chi connectivity index (χ4v) is 2.49. The molecule has 0 aliphatic rings. The quantitative estimate of drug-likeness (QED) is 0.850. The maximum atomic E-state index is 11.2. The van der Waals surface area contributed by atoms with Crippen LogP contribution in [0.3, 0.4) is 0 Å². The van der Waals surface area contributed by atoms with Gasteiger partial charge in [0.15, 0.2) is 5.01 Å². The summed E-state index contributed by atoms with van der Waals surface area (Å²) in [6.45, 7) is 3.97. The molecule has 0 bridgehead atoms. The molecule has 20 heavy (non-hydrogen) atoms. The average Bonchev–Trinajstić information content (AvgIpc) is 2.87. The summed E-state index contributed by atoms with van der Waals surface area (Å²) in [5.74, 6) is -0.597. The standard InChI is InChI=1S/C13H16N4O2S/c1-8(2)7-10(12(18)19)15-13-17-16-11(20-13)9-5-3-4-6-14-9/h3-6,8,10H,7H2,1-2H3,(H,15,17)(H,18,19). The van der Waals surface area contributed by atoms with Crippen molar-refractivity contribution in [3.63, 3.8) is 0 Å². The lowest BCUT2D eigenvalue weighted by atomic mass is 10.0. The number of carboxylic acids is 1. The summed E-state index contributed by atoms with van der Waals surface area (Å²) < 4.78 is 0. The number of aliphatic carboxylic acids is 1. The molecular formula is C13H16N4O2S. The normalized spacial score (nSPS) is 12.3. The van der Waals surface area contributed by atoms with Gasteiger partial charge in [-0.25, -0.2) is 4.79 Å². The highest BCUT2D eigenvalue weighted by molar-refractivity contribution is 7.18. The van der Waals surface area contributed by atoms with Crippen molar-refractivity contribution < 1.29 is 9.90 Å². The molecule has 2 rings (SSSR count). The van der Waals surface area contributed by atoms with Crippen LogP contribution in [0.25, 0.3) is 10.7 Å². The van der Waals surface area contributed by atoms with E-state index in [0.29, 0.717) is 16.6 Å². The molecule has 1 atom stereocenters. The van der Waals surface area contributed by atoms with Gasteiger partial charge in [0.05, 0.1) is 0 Å². The summed E-state index contributed by atoms with van der Waals surface area (Å²) >= 11 is 1.30. The molecule has 2 N–H and O–H groups in total. The highest BCUT2D eigenvalue weighted by atomic mass is 32.1. The SMILES string of the molecule is CC(C)CC(Nc1nnc(-c2ccccn2)s1)C(=O)O. The number of nitrogens with zero attached hydrogens (tertiary/aromatic N) is 3. The van der Waals surface area contributed by atoms with E-state index in [4.69, 9.17) is 0 Å². The van der Waals surface area contributed by atoms with E-state index in [1.165, 1.54) is 11.3 Å². The van der Waals surface area contributed by atoms with E-state index in [1.807, 2.05) is 32.0 Å². The van der Waals surface area contributed by atoms with Crippen molar-refractivity contribution >= 4 is 22.4 Å². The van der Waals surface area contributed by atoms with Gasteiger partial charge in [-0.1, -0.05) is 31.3 Å². The summed E-state index contributed by atoms with van der Waals surface area (Å²) in [5, 5.41) is 21.3. The van der Waals surface area contributed by atoms with Crippen molar-refractivity contribution in [2.75, 3.05) is 5.32 Å². The minimum atomic E-state index is -0.881. The highest BCUT2D eigenvalue weighted by Crippen LogP contribution is 2.25. The summed E-state index contributed by atoms with van der Waals surface area (Å²) in [6, 6.07) is 4.88. The van der Waals surface area contributed by atoms with Crippen LogP contribution in [0, 0.1) is 5.92 Å². The number of nitrogens with one attached hydrogen (secondary N) is 1. The Kier molecular flexibility index (Phi) is 4.62. The fourth-order valence-electron chi connectivity index (χ4n) is 1.72. The molecule has 6 nitrogen and oxygen atoms in total. The van der Waals surface area contributed by atoms with Gasteiger partial charge in [0.1, 0.15) is 11.7 Å². The van der Waals surface area contributed by atoms with Crippen LogP contribution < -0.4 is 5.32 Å². The summed E-state index contributed by atoms with van der Waals surface area (Å²) in [5.41, 5.74) is 0.730. The van der Waals surface area contributed by atoms with Crippen molar-refractivity contribution in [1.29, 1.82) is 0 Å². The first-order valence-electron chi connectivity index (χ1n) is 6.30. The van der Waals surface area contributed by atoms with Crippen molar-refractivity contribution in [3.8, 4) is 10.7 Å². The highest BCUT2D eigenvalue weighted by Gasteiger charge is 2.20. The van der Waals surface area contributed by atoms with E-state index < -0.39 is 12.0 Å². The fraction of sp³-hybridized carbons (Fsp3) is 0.385. The zero-order valence-corrected chi connectivity index (χ0v) is 12.1. The molecule has 1 unspecified atom stereocenters. The zero-order valence-electron chi connectivity index (χ0n) is 11.3. The van der Waals surface area contributed by atoms with Crippen LogP contribution in [0.15, 0.2) is 24.4 Å². The van der Waals surface area contributed by atoms with Gasteiger partial charge in [-0.3, -0.25) is 4.98 Å². The van der Waals surface area contributed by atoms with E-state index in [2.05, 4.69) is 20.5 Å². The van der Waals surface area contributed by atoms with Crippen LogP contribution in [0.2, 0.25) is 0 Å². The topological polar surface area (TPSA) is 88.0 Å². The molecule has 0 saturated carbocycles. The molecule has 2 aromatic rings. The van der Waals surface area contributed by atoms with Crippen LogP contribution in [0.1, 0.15) is 20.3 Å². The Labute approximate surface area is 120 Å². The molecule has 2 heterocycles. The molecule has 0 radical (unpaired) electrons. The van der Waals surface area contributed by atoms with Crippen molar-refractivity contribution in [3.05, 3.63) is 24.4 Å². The van der Waals surface area contributed by atoms with Crippen molar-refractivity contribution in [2.45, 2.75) is 26.3 Å². The first kappa shape index (κ1) is 14.4. The van der Waals surface area contributed by atoms with E-state index in [0.717, 1.165) is 5.69 Å². The molecule has 0 saturated heterocycles. The second-order valence-electron chi connectivity index (χ2n) is 4.79. The lowest BCUT2D eigenvalue weighted by molar-refractivity contribution is -0.138. The number of carbonyl (C=O) groups is 1. The minimum absolute atomic E-state index is 0.284. The molecule has 0 fully saturated rings. The Morgan fingerprint density at radius 2 is 2.20 bits per heavy atom. The molecule has 0 aliphatic carbocycles. The minimum Gasteiger partial charge on any atom is -0.480 e. The second kappa shape index (κ2) is 6.42. The first-order chi connectivity index (χ1) is 9.56. The van der Waals surface area contributed by atoms with Crippen LogP contribution in [0.5, 0.6) is 0 Å². The van der Waals surface area contributed by atoms with Gasteiger partial charge in [-0.05, 0) is 24.5 Å². The summed E-state index contributed by atoms with van der Waals surface area (Å²) in [7, 11) is 0. The molecule has 0 aliphatic heterocycles. The Hall–Kier alpha value is -2.02. The Morgan fingerprint density at radius 1 is 1.40 bits per heavy atom. The third-order valence-corrected chi connectivity index (χ3v) is 3.49. The third kappa shape index (κ3) is 3.74. The number of carboxylic acid groups (broad SMARTS) is 1. The van der Waals surface area contributed by atoms with Gasteiger partial charge < -0.3 is 10.4 Å². The lowest BCUT2D eigenvalue weighted by Crippen LogP contribution is -2.30. The number of rotatable bonds is 6. The van der Waals surface area contributed by atoms with Gasteiger partial charge in [0.25, 0.3) is 0 Å². The smallest absolute Gasteiger partial charge is 0.326 e.